The molecule has 0 aliphatic carbocycles. The Balaban J connectivity index is 2.96. The number of carbonyl (C=O) groups excluding carboxylic acids is 3. The first kappa shape index (κ1) is 23.4. The molecule has 1 atom stereocenters. The van der Waals surface area contributed by atoms with Gasteiger partial charge in [0.25, 0.3) is 0 Å². The van der Waals surface area contributed by atoms with Crippen molar-refractivity contribution in [1.29, 1.82) is 0 Å². The fraction of sp³-hybridized carbons (Fsp3) is 0.450. The van der Waals surface area contributed by atoms with Gasteiger partial charge in [-0.1, -0.05) is 24.3 Å². The lowest BCUT2D eigenvalue weighted by Gasteiger charge is -2.14. The molecule has 0 N–H and O–H groups in total. The van der Waals surface area contributed by atoms with Crippen LogP contribution in [-0.4, -0.2) is 29.9 Å². The van der Waals surface area contributed by atoms with Gasteiger partial charge in [0.15, 0.2) is 0 Å². The minimum atomic E-state index is -4.45. The lowest BCUT2D eigenvalue weighted by molar-refractivity contribution is -0.158. The standard InChI is InChI=1S/C20H23F3O5/c1-12(2)27-18(25)15(11-17(24)19(26)28-13(3)4)8-5-14-6-9-16(10-7-14)20(21,22)23/h5-10,12-13,15H,11H2,1-4H3/b8-5+. The van der Waals surface area contributed by atoms with Crippen LogP contribution in [0.5, 0.6) is 0 Å². The van der Waals surface area contributed by atoms with E-state index in [0.29, 0.717) is 5.56 Å². The van der Waals surface area contributed by atoms with E-state index in [4.69, 9.17) is 9.47 Å². The Bertz CT molecular complexity index is 718. The second-order valence-electron chi connectivity index (χ2n) is 6.65. The Kier molecular flexibility index (Phi) is 8.40. The summed E-state index contributed by atoms with van der Waals surface area (Å²) in [6, 6.07) is 4.29. The van der Waals surface area contributed by atoms with E-state index in [0.717, 1.165) is 12.1 Å². The Labute approximate surface area is 161 Å². The molecule has 1 unspecified atom stereocenters. The number of hydrogen-bond acceptors (Lipinski definition) is 5. The topological polar surface area (TPSA) is 69.7 Å². The zero-order chi connectivity index (χ0) is 21.5. The summed E-state index contributed by atoms with van der Waals surface area (Å²) < 4.78 is 47.7. The molecule has 0 aliphatic heterocycles. The lowest BCUT2D eigenvalue weighted by Crippen LogP contribution is -2.27. The van der Waals surface area contributed by atoms with Crippen molar-refractivity contribution in [3.8, 4) is 0 Å². The van der Waals surface area contributed by atoms with Crippen molar-refractivity contribution < 1.29 is 37.0 Å². The normalized spacial score (nSPS) is 13.0. The summed E-state index contributed by atoms with van der Waals surface area (Å²) in [4.78, 5) is 35.9. The van der Waals surface area contributed by atoms with E-state index in [2.05, 4.69) is 0 Å². The maximum atomic E-state index is 12.6. The highest BCUT2D eigenvalue weighted by Crippen LogP contribution is 2.29. The van der Waals surface area contributed by atoms with Crippen molar-refractivity contribution in [3.63, 3.8) is 0 Å². The fourth-order valence-electron chi connectivity index (χ4n) is 2.12. The minimum Gasteiger partial charge on any atom is -0.463 e. The second-order valence-corrected chi connectivity index (χ2v) is 6.65. The number of carbonyl (C=O) groups is 3. The third-order valence-electron chi connectivity index (χ3n) is 3.39. The van der Waals surface area contributed by atoms with Gasteiger partial charge in [0, 0.05) is 6.42 Å². The monoisotopic (exact) mass is 400 g/mol. The van der Waals surface area contributed by atoms with Crippen LogP contribution in [0.2, 0.25) is 0 Å². The van der Waals surface area contributed by atoms with Crippen molar-refractivity contribution in [2.24, 2.45) is 5.92 Å². The molecule has 0 aliphatic rings. The van der Waals surface area contributed by atoms with Crippen molar-refractivity contribution in [1.82, 2.24) is 0 Å². The third-order valence-corrected chi connectivity index (χ3v) is 3.39. The molecule has 0 heterocycles. The average Bonchev–Trinajstić information content (AvgIpc) is 2.56. The van der Waals surface area contributed by atoms with Gasteiger partial charge in [-0.2, -0.15) is 13.2 Å². The van der Waals surface area contributed by atoms with Crippen LogP contribution in [0.4, 0.5) is 13.2 Å². The lowest BCUT2D eigenvalue weighted by atomic mass is 10.00. The molecule has 0 spiro atoms. The first-order chi connectivity index (χ1) is 12.9. The van der Waals surface area contributed by atoms with Gasteiger partial charge in [0.05, 0.1) is 23.7 Å². The van der Waals surface area contributed by atoms with E-state index in [-0.39, 0.29) is 0 Å². The van der Waals surface area contributed by atoms with Crippen molar-refractivity contribution in [3.05, 3.63) is 41.5 Å². The Morgan fingerprint density at radius 2 is 1.50 bits per heavy atom. The number of alkyl halides is 3. The highest BCUT2D eigenvalue weighted by Gasteiger charge is 2.30. The Hall–Kier alpha value is -2.64. The molecule has 28 heavy (non-hydrogen) atoms. The number of esters is 2. The van der Waals surface area contributed by atoms with Crippen LogP contribution in [0.1, 0.15) is 45.2 Å². The predicted molar refractivity (Wildman–Crippen MR) is 96.0 cm³/mol. The van der Waals surface area contributed by atoms with Gasteiger partial charge in [-0.25, -0.2) is 4.79 Å². The molecular weight excluding hydrogens is 377 g/mol. The molecule has 1 aromatic carbocycles. The minimum absolute atomic E-state index is 0.396. The molecule has 1 rings (SSSR count). The number of benzene rings is 1. The summed E-state index contributed by atoms with van der Waals surface area (Å²) in [5, 5.41) is 0. The van der Waals surface area contributed by atoms with Gasteiger partial charge in [-0.05, 0) is 45.4 Å². The van der Waals surface area contributed by atoms with Crippen molar-refractivity contribution >= 4 is 23.8 Å². The Morgan fingerprint density at radius 1 is 0.964 bits per heavy atom. The average molecular weight is 400 g/mol. The molecule has 0 saturated carbocycles. The maximum Gasteiger partial charge on any atom is 0.416 e. The molecule has 154 valence electrons. The number of ether oxygens (including phenoxy) is 2. The summed E-state index contributed by atoms with van der Waals surface area (Å²) >= 11 is 0. The zero-order valence-corrected chi connectivity index (χ0v) is 16.1. The summed E-state index contributed by atoms with van der Waals surface area (Å²) in [7, 11) is 0. The van der Waals surface area contributed by atoms with Gasteiger partial charge < -0.3 is 9.47 Å². The number of rotatable bonds is 8. The molecule has 0 bridgehead atoms. The fourth-order valence-corrected chi connectivity index (χ4v) is 2.12. The van der Waals surface area contributed by atoms with E-state index < -0.39 is 54.0 Å². The first-order valence-electron chi connectivity index (χ1n) is 8.70. The quantitative estimate of drug-likeness (QED) is 0.483. The van der Waals surface area contributed by atoms with E-state index in [1.807, 2.05) is 0 Å². The molecule has 0 saturated heterocycles. The number of ketones is 1. The number of halogens is 3. The Morgan fingerprint density at radius 3 is 1.96 bits per heavy atom. The third kappa shape index (κ3) is 7.94. The molecule has 1 aromatic rings. The molecule has 0 fully saturated rings. The molecule has 8 heteroatoms. The van der Waals surface area contributed by atoms with Crippen molar-refractivity contribution in [2.45, 2.75) is 52.5 Å². The first-order valence-corrected chi connectivity index (χ1v) is 8.70. The summed E-state index contributed by atoms with van der Waals surface area (Å²) in [6.45, 7) is 6.42. The molecule has 0 radical (unpaired) electrons. The van der Waals surface area contributed by atoms with Crippen LogP contribution < -0.4 is 0 Å². The van der Waals surface area contributed by atoms with Crippen LogP contribution in [0, 0.1) is 5.92 Å². The summed E-state index contributed by atoms with van der Waals surface area (Å²) in [5.41, 5.74) is -0.403. The van der Waals surface area contributed by atoms with Crippen LogP contribution in [0.25, 0.3) is 6.08 Å². The van der Waals surface area contributed by atoms with E-state index >= 15 is 0 Å². The smallest absolute Gasteiger partial charge is 0.416 e. The highest BCUT2D eigenvalue weighted by atomic mass is 19.4. The number of hydrogen-bond donors (Lipinski definition) is 0. The SMILES string of the molecule is CC(C)OC(=O)C(=O)CC(/C=C/c1ccc(C(F)(F)F)cc1)C(=O)OC(C)C. The van der Waals surface area contributed by atoms with E-state index in [9.17, 15) is 27.6 Å². The van der Waals surface area contributed by atoms with Gasteiger partial charge in [-0.15, -0.1) is 0 Å². The van der Waals surface area contributed by atoms with E-state index in [1.165, 1.54) is 24.3 Å². The van der Waals surface area contributed by atoms with Crippen LogP contribution in [0.3, 0.4) is 0 Å². The van der Waals surface area contributed by atoms with E-state index in [1.54, 1.807) is 27.7 Å². The van der Waals surface area contributed by atoms with Gasteiger partial charge in [-0.3, -0.25) is 9.59 Å². The van der Waals surface area contributed by atoms with Crippen LogP contribution in [0.15, 0.2) is 30.3 Å². The molecular formula is C20H23F3O5. The number of Topliss-reactive ketones (excluding diaryl/α,β-unsaturated/α-hetero) is 1. The van der Waals surface area contributed by atoms with Crippen LogP contribution >= 0.6 is 0 Å². The van der Waals surface area contributed by atoms with Gasteiger partial charge in [0.2, 0.25) is 5.78 Å². The zero-order valence-electron chi connectivity index (χ0n) is 16.1. The largest absolute Gasteiger partial charge is 0.463 e. The van der Waals surface area contributed by atoms with Crippen molar-refractivity contribution in [2.75, 3.05) is 0 Å². The maximum absolute atomic E-state index is 12.6. The molecule has 5 nitrogen and oxygen atoms in total. The predicted octanol–water partition coefficient (Wildman–Crippen LogP) is 4.20. The second kappa shape index (κ2) is 10.1. The summed E-state index contributed by atoms with van der Waals surface area (Å²) in [5.74, 6) is -3.74. The van der Waals surface area contributed by atoms with Gasteiger partial charge >= 0.3 is 18.1 Å². The highest BCUT2D eigenvalue weighted by molar-refractivity contribution is 6.34. The van der Waals surface area contributed by atoms with Crippen LogP contribution in [-0.2, 0) is 30.0 Å². The molecule has 0 amide bonds. The van der Waals surface area contributed by atoms with Gasteiger partial charge in [0.1, 0.15) is 0 Å². The molecule has 0 aromatic heterocycles. The summed E-state index contributed by atoms with van der Waals surface area (Å²) in [6.07, 6.45) is -3.11.